The van der Waals surface area contributed by atoms with Crippen LogP contribution in [0.2, 0.25) is 10.0 Å². The van der Waals surface area contributed by atoms with Crippen molar-refractivity contribution in [1.29, 1.82) is 0 Å². The first-order chi connectivity index (χ1) is 10.2. The Bertz CT molecular complexity index is 744. The fourth-order valence-electron chi connectivity index (χ4n) is 1.92. The number of nitrogens with one attached hydrogen (secondary N) is 1. The summed E-state index contributed by atoms with van der Waals surface area (Å²) in [5.41, 5.74) is 2.78. The molecule has 1 heterocycles. The van der Waals surface area contributed by atoms with Gasteiger partial charge in [-0.3, -0.25) is 0 Å². The largest absolute Gasteiger partial charge is 0.423 e. The van der Waals surface area contributed by atoms with Crippen molar-refractivity contribution in [2.45, 2.75) is 6.54 Å². The minimum Gasteiger partial charge on any atom is -0.423 e. The summed E-state index contributed by atoms with van der Waals surface area (Å²) >= 11 is 12.0. The highest BCUT2D eigenvalue weighted by atomic mass is 35.5. The molecule has 0 radical (unpaired) electrons. The topological polar surface area (TPSA) is 51.0 Å². The normalized spacial score (nSPS) is 10.6. The van der Waals surface area contributed by atoms with Gasteiger partial charge in [0.2, 0.25) is 12.3 Å². The van der Waals surface area contributed by atoms with Crippen molar-refractivity contribution >= 4 is 28.9 Å². The van der Waals surface area contributed by atoms with Gasteiger partial charge in [0.15, 0.2) is 0 Å². The van der Waals surface area contributed by atoms with Crippen LogP contribution in [0.5, 0.6) is 0 Å². The lowest BCUT2D eigenvalue weighted by Crippen LogP contribution is -2.00. The number of anilines is 1. The van der Waals surface area contributed by atoms with Crippen LogP contribution in [-0.4, -0.2) is 10.2 Å². The Kier molecular flexibility index (Phi) is 4.08. The van der Waals surface area contributed by atoms with Crippen LogP contribution in [0.3, 0.4) is 0 Å². The van der Waals surface area contributed by atoms with E-state index in [1.54, 1.807) is 6.07 Å². The predicted molar refractivity (Wildman–Crippen MR) is 83.5 cm³/mol. The molecule has 4 nitrogen and oxygen atoms in total. The highest BCUT2D eigenvalue weighted by Gasteiger charge is 2.05. The molecule has 0 fully saturated rings. The quantitative estimate of drug-likeness (QED) is 0.760. The van der Waals surface area contributed by atoms with Crippen molar-refractivity contribution in [1.82, 2.24) is 10.2 Å². The molecule has 21 heavy (non-hydrogen) atoms. The standard InChI is InChI=1S/C15H11Cl2N3O/c16-12-5-4-11(14(17)7-12)8-18-13-3-1-2-10(6-13)15-20-19-9-21-15/h1-7,9,18H,8H2. The maximum atomic E-state index is 6.15. The Hall–Kier alpha value is -2.04. The summed E-state index contributed by atoms with van der Waals surface area (Å²) in [6.45, 7) is 0.600. The van der Waals surface area contributed by atoms with E-state index in [-0.39, 0.29) is 0 Å². The molecular formula is C15H11Cl2N3O. The van der Waals surface area contributed by atoms with Gasteiger partial charge in [-0.25, -0.2) is 0 Å². The van der Waals surface area contributed by atoms with Crippen molar-refractivity contribution in [3.05, 3.63) is 64.5 Å². The van der Waals surface area contributed by atoms with Crippen LogP contribution in [0.1, 0.15) is 5.56 Å². The molecular weight excluding hydrogens is 309 g/mol. The van der Waals surface area contributed by atoms with Crippen LogP contribution >= 0.6 is 23.2 Å². The zero-order chi connectivity index (χ0) is 14.7. The SMILES string of the molecule is Clc1ccc(CNc2cccc(-c3nnco3)c2)c(Cl)c1. The van der Waals surface area contributed by atoms with Gasteiger partial charge in [0, 0.05) is 27.8 Å². The average molecular weight is 320 g/mol. The van der Waals surface area contributed by atoms with Gasteiger partial charge in [0.1, 0.15) is 0 Å². The third kappa shape index (κ3) is 3.35. The molecule has 6 heteroatoms. The summed E-state index contributed by atoms with van der Waals surface area (Å²) in [6, 6.07) is 13.2. The summed E-state index contributed by atoms with van der Waals surface area (Å²) in [4.78, 5) is 0. The molecule has 0 unspecified atom stereocenters. The lowest BCUT2D eigenvalue weighted by Gasteiger charge is -2.09. The molecule has 0 atom stereocenters. The first-order valence-corrected chi connectivity index (χ1v) is 7.02. The number of rotatable bonds is 4. The second-order valence-corrected chi connectivity index (χ2v) is 5.26. The summed E-state index contributed by atoms with van der Waals surface area (Å²) in [5, 5.41) is 12.1. The number of hydrogen-bond acceptors (Lipinski definition) is 4. The fourth-order valence-corrected chi connectivity index (χ4v) is 2.40. The van der Waals surface area contributed by atoms with Gasteiger partial charge >= 0.3 is 0 Å². The molecule has 106 valence electrons. The van der Waals surface area contributed by atoms with Crippen molar-refractivity contribution < 1.29 is 4.42 Å². The minimum absolute atomic E-state index is 0.489. The zero-order valence-electron chi connectivity index (χ0n) is 10.9. The van der Waals surface area contributed by atoms with E-state index in [1.165, 1.54) is 6.39 Å². The van der Waals surface area contributed by atoms with E-state index in [2.05, 4.69) is 15.5 Å². The molecule has 1 N–H and O–H groups in total. The molecule has 3 aromatic rings. The summed E-state index contributed by atoms with van der Waals surface area (Å²) in [6.07, 6.45) is 1.31. The molecule has 0 aliphatic heterocycles. The van der Waals surface area contributed by atoms with Gasteiger partial charge < -0.3 is 9.73 Å². The van der Waals surface area contributed by atoms with Crippen LogP contribution in [0.25, 0.3) is 11.5 Å². The summed E-state index contributed by atoms with van der Waals surface area (Å²) in [5.74, 6) is 0.489. The number of hydrogen-bond donors (Lipinski definition) is 1. The third-order valence-electron chi connectivity index (χ3n) is 2.97. The maximum absolute atomic E-state index is 6.15. The Morgan fingerprint density at radius 3 is 2.76 bits per heavy atom. The molecule has 0 aliphatic carbocycles. The zero-order valence-corrected chi connectivity index (χ0v) is 12.4. The molecule has 0 aliphatic rings. The molecule has 1 aromatic heterocycles. The molecule has 3 rings (SSSR count). The van der Waals surface area contributed by atoms with Gasteiger partial charge in [-0.05, 0) is 35.9 Å². The Labute approximate surface area is 131 Å². The van der Waals surface area contributed by atoms with E-state index in [9.17, 15) is 0 Å². The van der Waals surface area contributed by atoms with Crippen molar-refractivity contribution in [3.8, 4) is 11.5 Å². The Morgan fingerprint density at radius 1 is 1.10 bits per heavy atom. The van der Waals surface area contributed by atoms with Gasteiger partial charge in [-0.15, -0.1) is 10.2 Å². The van der Waals surface area contributed by atoms with Crippen LogP contribution < -0.4 is 5.32 Å². The maximum Gasteiger partial charge on any atom is 0.247 e. The van der Waals surface area contributed by atoms with E-state index >= 15 is 0 Å². The van der Waals surface area contributed by atoms with E-state index in [0.29, 0.717) is 22.5 Å². The molecule has 0 saturated heterocycles. The van der Waals surface area contributed by atoms with Crippen LogP contribution in [0.4, 0.5) is 5.69 Å². The smallest absolute Gasteiger partial charge is 0.247 e. The first-order valence-electron chi connectivity index (χ1n) is 6.27. The van der Waals surface area contributed by atoms with Gasteiger partial charge in [-0.1, -0.05) is 35.3 Å². The molecule has 0 bridgehead atoms. The number of benzene rings is 2. The van der Waals surface area contributed by atoms with E-state index in [0.717, 1.165) is 16.8 Å². The van der Waals surface area contributed by atoms with Gasteiger partial charge in [0.05, 0.1) is 0 Å². The minimum atomic E-state index is 0.489. The lowest BCUT2D eigenvalue weighted by molar-refractivity contribution is 0.568. The number of halogens is 2. The third-order valence-corrected chi connectivity index (χ3v) is 3.55. The van der Waals surface area contributed by atoms with E-state index < -0.39 is 0 Å². The fraction of sp³-hybridized carbons (Fsp3) is 0.0667. The molecule has 0 amide bonds. The average Bonchev–Trinajstić information content (AvgIpc) is 3.01. The Balaban J connectivity index is 1.75. The molecule has 2 aromatic carbocycles. The first kappa shape index (κ1) is 13.9. The lowest BCUT2D eigenvalue weighted by atomic mass is 10.2. The van der Waals surface area contributed by atoms with Crippen LogP contribution in [0, 0.1) is 0 Å². The number of aromatic nitrogens is 2. The summed E-state index contributed by atoms with van der Waals surface area (Å²) < 4.78 is 5.18. The Morgan fingerprint density at radius 2 is 2.00 bits per heavy atom. The molecule has 0 spiro atoms. The van der Waals surface area contributed by atoms with Crippen molar-refractivity contribution in [3.63, 3.8) is 0 Å². The highest BCUT2D eigenvalue weighted by molar-refractivity contribution is 6.35. The van der Waals surface area contributed by atoms with E-state index in [1.807, 2.05) is 36.4 Å². The second-order valence-electron chi connectivity index (χ2n) is 4.41. The number of nitrogens with zero attached hydrogens (tertiary/aromatic N) is 2. The summed E-state index contributed by atoms with van der Waals surface area (Å²) in [7, 11) is 0. The van der Waals surface area contributed by atoms with Crippen molar-refractivity contribution in [2.75, 3.05) is 5.32 Å². The van der Waals surface area contributed by atoms with Crippen molar-refractivity contribution in [2.24, 2.45) is 0 Å². The van der Waals surface area contributed by atoms with Gasteiger partial charge in [0.25, 0.3) is 0 Å². The van der Waals surface area contributed by atoms with Gasteiger partial charge in [-0.2, -0.15) is 0 Å². The molecule has 0 saturated carbocycles. The monoisotopic (exact) mass is 319 g/mol. The van der Waals surface area contributed by atoms with E-state index in [4.69, 9.17) is 27.6 Å². The van der Waals surface area contributed by atoms with Crippen LogP contribution in [0.15, 0.2) is 53.3 Å². The second kappa shape index (κ2) is 6.16. The van der Waals surface area contributed by atoms with Crippen LogP contribution in [-0.2, 0) is 6.54 Å². The predicted octanol–water partition coefficient (Wildman–Crippen LogP) is 4.66. The highest BCUT2D eigenvalue weighted by Crippen LogP contribution is 2.24.